The zero-order valence-corrected chi connectivity index (χ0v) is 10.9. The van der Waals surface area contributed by atoms with Crippen molar-refractivity contribution < 1.29 is 9.53 Å². The summed E-state index contributed by atoms with van der Waals surface area (Å²) in [6.45, 7) is 5.47. The highest BCUT2D eigenvalue weighted by Gasteiger charge is 2.21. The van der Waals surface area contributed by atoms with Gasteiger partial charge in [-0.25, -0.2) is 14.8 Å². The number of imidazole rings is 1. The molecule has 0 saturated heterocycles. The molecule has 6 heteroatoms. The lowest BCUT2D eigenvalue weighted by Gasteiger charge is -2.24. The number of fused-ring (bicyclic) bond motifs is 1. The van der Waals surface area contributed by atoms with E-state index in [1.807, 2.05) is 20.8 Å². The minimum Gasteiger partial charge on any atom is -0.443 e. The van der Waals surface area contributed by atoms with Gasteiger partial charge in [-0.2, -0.15) is 0 Å². The number of carbonyl (C=O) groups is 1. The zero-order chi connectivity index (χ0) is 13.3. The first-order valence-electron chi connectivity index (χ1n) is 5.63. The monoisotopic (exact) mass is 248 g/mol. The van der Waals surface area contributed by atoms with Gasteiger partial charge in [0.2, 0.25) is 0 Å². The fraction of sp³-hybridized carbons (Fsp3) is 0.417. The molecule has 0 aliphatic heterocycles. The summed E-state index contributed by atoms with van der Waals surface area (Å²) in [5, 5.41) is 0. The second-order valence-corrected chi connectivity index (χ2v) is 5.00. The number of amides is 1. The number of nitrogens with zero attached hydrogens (tertiary/aromatic N) is 3. The number of pyridine rings is 1. The molecule has 1 N–H and O–H groups in total. The average molecular weight is 248 g/mol. The van der Waals surface area contributed by atoms with Crippen molar-refractivity contribution in [3.8, 4) is 0 Å². The van der Waals surface area contributed by atoms with E-state index in [1.54, 1.807) is 25.6 Å². The van der Waals surface area contributed by atoms with E-state index in [9.17, 15) is 4.79 Å². The van der Waals surface area contributed by atoms with E-state index in [2.05, 4.69) is 15.0 Å². The SMILES string of the molecule is CN(C(=O)OC(C)(C)C)c1cc2nc[nH]c2cn1. The number of hydrogen-bond acceptors (Lipinski definition) is 4. The Morgan fingerprint density at radius 1 is 1.39 bits per heavy atom. The van der Waals surface area contributed by atoms with Crippen molar-refractivity contribution in [2.45, 2.75) is 26.4 Å². The highest BCUT2D eigenvalue weighted by atomic mass is 16.6. The molecule has 6 nitrogen and oxygen atoms in total. The Morgan fingerprint density at radius 2 is 2.11 bits per heavy atom. The first-order valence-corrected chi connectivity index (χ1v) is 5.63. The summed E-state index contributed by atoms with van der Waals surface area (Å²) < 4.78 is 5.27. The molecule has 2 rings (SSSR count). The molecule has 0 bridgehead atoms. The van der Waals surface area contributed by atoms with Crippen LogP contribution in [0.25, 0.3) is 11.0 Å². The molecule has 96 valence electrons. The van der Waals surface area contributed by atoms with Crippen LogP contribution in [0, 0.1) is 0 Å². The first-order chi connectivity index (χ1) is 8.37. The molecule has 1 amide bonds. The van der Waals surface area contributed by atoms with Crippen LogP contribution in [0.15, 0.2) is 18.6 Å². The fourth-order valence-electron chi connectivity index (χ4n) is 1.43. The largest absolute Gasteiger partial charge is 0.443 e. The number of ether oxygens (including phenoxy) is 1. The van der Waals surface area contributed by atoms with Crippen LogP contribution in [0.1, 0.15) is 20.8 Å². The topological polar surface area (TPSA) is 71.1 Å². The number of carbonyl (C=O) groups excluding carboxylic acids is 1. The molecule has 2 aromatic heterocycles. The van der Waals surface area contributed by atoms with E-state index in [-0.39, 0.29) is 0 Å². The minimum absolute atomic E-state index is 0.440. The van der Waals surface area contributed by atoms with Crippen molar-refractivity contribution in [2.24, 2.45) is 0 Å². The number of H-pyrrole nitrogens is 1. The lowest BCUT2D eigenvalue weighted by molar-refractivity contribution is 0.0588. The molecule has 0 unspecified atom stereocenters. The van der Waals surface area contributed by atoms with E-state index < -0.39 is 11.7 Å². The predicted octanol–water partition coefficient (Wildman–Crippen LogP) is 2.33. The molecule has 0 aliphatic rings. The third kappa shape index (κ3) is 2.58. The van der Waals surface area contributed by atoms with Crippen molar-refractivity contribution in [3.63, 3.8) is 0 Å². The van der Waals surface area contributed by atoms with E-state index in [0.717, 1.165) is 11.0 Å². The standard InChI is InChI=1S/C12H16N4O2/c1-12(2,3)18-11(17)16(4)10-5-8-9(6-13-10)15-7-14-8/h5-7H,1-4H3,(H,14,15). The molecule has 0 aromatic carbocycles. The van der Waals surface area contributed by atoms with Gasteiger partial charge in [0, 0.05) is 13.1 Å². The van der Waals surface area contributed by atoms with Crippen LogP contribution < -0.4 is 4.90 Å². The molecule has 2 aromatic rings. The summed E-state index contributed by atoms with van der Waals surface area (Å²) >= 11 is 0. The smallest absolute Gasteiger partial charge is 0.415 e. The van der Waals surface area contributed by atoms with Gasteiger partial charge in [0.15, 0.2) is 0 Å². The fourth-order valence-corrected chi connectivity index (χ4v) is 1.43. The van der Waals surface area contributed by atoms with E-state index in [0.29, 0.717) is 5.82 Å². The highest BCUT2D eigenvalue weighted by molar-refractivity contribution is 5.88. The van der Waals surface area contributed by atoms with Crippen LogP contribution in [-0.2, 0) is 4.74 Å². The summed E-state index contributed by atoms with van der Waals surface area (Å²) in [5.41, 5.74) is 1.06. The Balaban J connectivity index is 2.22. The van der Waals surface area contributed by atoms with E-state index in [1.165, 1.54) is 4.90 Å². The summed E-state index contributed by atoms with van der Waals surface area (Å²) in [5.74, 6) is 0.504. The molecule has 0 atom stereocenters. The third-order valence-corrected chi connectivity index (χ3v) is 2.30. The van der Waals surface area contributed by atoms with Crippen molar-refractivity contribution >= 4 is 22.9 Å². The minimum atomic E-state index is -0.526. The predicted molar refractivity (Wildman–Crippen MR) is 68.5 cm³/mol. The quantitative estimate of drug-likeness (QED) is 0.840. The number of aromatic nitrogens is 3. The maximum Gasteiger partial charge on any atom is 0.415 e. The van der Waals surface area contributed by atoms with Crippen molar-refractivity contribution in [1.29, 1.82) is 0 Å². The molecule has 2 heterocycles. The van der Waals surface area contributed by atoms with Crippen LogP contribution in [-0.4, -0.2) is 33.7 Å². The Kier molecular flexibility index (Phi) is 2.94. The molecular formula is C12H16N4O2. The first kappa shape index (κ1) is 12.3. The number of anilines is 1. The molecule has 0 saturated carbocycles. The second kappa shape index (κ2) is 4.29. The summed E-state index contributed by atoms with van der Waals surface area (Å²) in [6, 6.07) is 1.73. The van der Waals surface area contributed by atoms with Gasteiger partial charge in [-0.05, 0) is 20.8 Å². The van der Waals surface area contributed by atoms with Gasteiger partial charge in [0.1, 0.15) is 11.4 Å². The lowest BCUT2D eigenvalue weighted by atomic mass is 10.2. The lowest BCUT2D eigenvalue weighted by Crippen LogP contribution is -2.34. The van der Waals surface area contributed by atoms with Gasteiger partial charge in [-0.1, -0.05) is 0 Å². The summed E-state index contributed by atoms with van der Waals surface area (Å²) in [4.78, 5) is 24.5. The maximum atomic E-state index is 11.9. The Hall–Kier alpha value is -2.11. The van der Waals surface area contributed by atoms with Crippen LogP contribution in [0.4, 0.5) is 10.6 Å². The van der Waals surface area contributed by atoms with Gasteiger partial charge in [-0.3, -0.25) is 4.90 Å². The normalized spacial score (nSPS) is 11.6. The Morgan fingerprint density at radius 3 is 2.78 bits per heavy atom. The maximum absolute atomic E-state index is 11.9. The van der Waals surface area contributed by atoms with Crippen molar-refractivity contribution in [3.05, 3.63) is 18.6 Å². The van der Waals surface area contributed by atoms with Crippen LogP contribution in [0.2, 0.25) is 0 Å². The van der Waals surface area contributed by atoms with Gasteiger partial charge < -0.3 is 9.72 Å². The number of hydrogen-bond donors (Lipinski definition) is 1. The Labute approximate surface area is 105 Å². The van der Waals surface area contributed by atoms with Crippen LogP contribution in [0.5, 0.6) is 0 Å². The average Bonchev–Trinajstić information content (AvgIpc) is 2.72. The Bertz CT molecular complexity index is 571. The number of nitrogens with one attached hydrogen (secondary N) is 1. The van der Waals surface area contributed by atoms with Crippen LogP contribution in [0.3, 0.4) is 0 Å². The second-order valence-electron chi connectivity index (χ2n) is 5.00. The third-order valence-electron chi connectivity index (χ3n) is 2.30. The summed E-state index contributed by atoms with van der Waals surface area (Å²) in [6.07, 6.45) is 2.78. The van der Waals surface area contributed by atoms with Gasteiger partial charge >= 0.3 is 6.09 Å². The van der Waals surface area contributed by atoms with Gasteiger partial charge in [0.25, 0.3) is 0 Å². The zero-order valence-electron chi connectivity index (χ0n) is 10.9. The molecule has 0 radical (unpaired) electrons. The van der Waals surface area contributed by atoms with Crippen molar-refractivity contribution in [1.82, 2.24) is 15.0 Å². The molecular weight excluding hydrogens is 232 g/mol. The molecule has 0 fully saturated rings. The highest BCUT2D eigenvalue weighted by Crippen LogP contribution is 2.17. The molecule has 0 spiro atoms. The van der Waals surface area contributed by atoms with E-state index in [4.69, 9.17) is 4.74 Å². The van der Waals surface area contributed by atoms with Crippen LogP contribution >= 0.6 is 0 Å². The molecule has 18 heavy (non-hydrogen) atoms. The van der Waals surface area contributed by atoms with Gasteiger partial charge in [-0.15, -0.1) is 0 Å². The molecule has 0 aliphatic carbocycles. The van der Waals surface area contributed by atoms with Crippen molar-refractivity contribution in [2.75, 3.05) is 11.9 Å². The van der Waals surface area contributed by atoms with E-state index >= 15 is 0 Å². The summed E-state index contributed by atoms with van der Waals surface area (Å²) in [7, 11) is 1.62. The number of rotatable bonds is 1. The van der Waals surface area contributed by atoms with Gasteiger partial charge in [0.05, 0.1) is 23.6 Å². The number of aromatic amines is 1.